The molecular formula is C6H9NS. The molecule has 8 heavy (non-hydrogen) atoms. The molecule has 0 aliphatic rings. The number of hydrogen-bond donors (Lipinski definition) is 0. The molecule has 0 aromatic rings. The summed E-state index contributed by atoms with van der Waals surface area (Å²) in [5, 5.41) is 2.29. The van der Waals surface area contributed by atoms with E-state index < -0.39 is 0 Å². The van der Waals surface area contributed by atoms with Gasteiger partial charge in [-0.15, -0.1) is 6.58 Å². The summed E-state index contributed by atoms with van der Waals surface area (Å²) in [6, 6.07) is 0. The quantitative estimate of drug-likeness (QED) is 0.321. The van der Waals surface area contributed by atoms with E-state index >= 15 is 0 Å². The summed E-state index contributed by atoms with van der Waals surface area (Å²) in [5.41, 5.74) is 1.14. The Bertz CT molecular complexity index is 120. The summed E-state index contributed by atoms with van der Waals surface area (Å²) >= 11 is 4.36. The second-order valence-corrected chi connectivity index (χ2v) is 1.86. The molecule has 0 amide bonds. The summed E-state index contributed by atoms with van der Waals surface area (Å²) < 4.78 is 0. The maximum Gasteiger partial charge on any atom is 0.0585 e. The Balaban J connectivity index is 3.18. The monoisotopic (exact) mass is 127 g/mol. The molecule has 0 aromatic heterocycles. The lowest BCUT2D eigenvalue weighted by Gasteiger charge is -1.88. The Morgan fingerprint density at radius 1 is 1.88 bits per heavy atom. The minimum absolute atomic E-state index is 0.735. The van der Waals surface area contributed by atoms with Gasteiger partial charge in [0.05, 0.1) is 11.7 Å². The molecule has 0 saturated heterocycles. The van der Waals surface area contributed by atoms with Crippen LogP contribution in [0.4, 0.5) is 0 Å². The number of aliphatic imine (C=N–C) groups is 1. The minimum atomic E-state index is 0.735. The Labute approximate surface area is 55.1 Å². The first-order valence-corrected chi connectivity index (χ1v) is 2.86. The smallest absolute Gasteiger partial charge is 0.0585 e. The van der Waals surface area contributed by atoms with E-state index in [1.54, 1.807) is 0 Å². The van der Waals surface area contributed by atoms with E-state index in [0.717, 1.165) is 18.5 Å². The van der Waals surface area contributed by atoms with Gasteiger partial charge in [-0.2, -0.15) is 0 Å². The van der Waals surface area contributed by atoms with E-state index in [1.165, 1.54) is 0 Å². The van der Waals surface area contributed by atoms with Crippen LogP contribution in [0.5, 0.6) is 0 Å². The van der Waals surface area contributed by atoms with Gasteiger partial charge in [0.25, 0.3) is 0 Å². The lowest BCUT2D eigenvalue weighted by atomic mass is 10.2. The van der Waals surface area contributed by atoms with Crippen LogP contribution >= 0.6 is 12.2 Å². The zero-order valence-corrected chi connectivity index (χ0v) is 5.79. The van der Waals surface area contributed by atoms with E-state index in [9.17, 15) is 0 Å². The fourth-order valence-corrected chi connectivity index (χ4v) is 0.384. The summed E-state index contributed by atoms with van der Waals surface area (Å²) in [4.78, 5) is 3.72. The number of isothiocyanates is 1. The van der Waals surface area contributed by atoms with Crippen molar-refractivity contribution in [2.45, 2.75) is 13.3 Å². The third-order valence-electron chi connectivity index (χ3n) is 0.715. The molecule has 1 nitrogen and oxygen atoms in total. The van der Waals surface area contributed by atoms with Gasteiger partial charge in [-0.3, -0.25) is 0 Å². The molecule has 0 saturated carbocycles. The molecule has 0 unspecified atom stereocenters. The van der Waals surface area contributed by atoms with Gasteiger partial charge in [0.1, 0.15) is 0 Å². The normalized spacial score (nSPS) is 7.62. The molecule has 0 aliphatic carbocycles. The third kappa shape index (κ3) is 5.54. The average Bonchev–Trinajstić information content (AvgIpc) is 1.66. The van der Waals surface area contributed by atoms with E-state index in [1.807, 2.05) is 6.92 Å². The van der Waals surface area contributed by atoms with Crippen molar-refractivity contribution < 1.29 is 0 Å². The van der Waals surface area contributed by atoms with Crippen molar-refractivity contribution in [2.24, 2.45) is 4.99 Å². The summed E-state index contributed by atoms with van der Waals surface area (Å²) in [5.74, 6) is 0. The van der Waals surface area contributed by atoms with Crippen LogP contribution in [-0.2, 0) is 0 Å². The van der Waals surface area contributed by atoms with Gasteiger partial charge in [0.15, 0.2) is 0 Å². The highest BCUT2D eigenvalue weighted by molar-refractivity contribution is 7.78. The van der Waals surface area contributed by atoms with Crippen LogP contribution in [0.15, 0.2) is 17.1 Å². The molecule has 0 aliphatic heterocycles. The van der Waals surface area contributed by atoms with Gasteiger partial charge >= 0.3 is 0 Å². The molecule has 0 radical (unpaired) electrons. The van der Waals surface area contributed by atoms with Crippen LogP contribution in [0.2, 0.25) is 0 Å². The van der Waals surface area contributed by atoms with Crippen LogP contribution in [0.25, 0.3) is 0 Å². The number of thiocarbonyl (C=S) groups is 1. The summed E-state index contributed by atoms with van der Waals surface area (Å²) in [7, 11) is 0. The highest BCUT2D eigenvalue weighted by Gasteiger charge is 1.80. The first kappa shape index (κ1) is 7.54. The molecule has 0 atom stereocenters. The number of nitrogens with zero attached hydrogens (tertiary/aromatic N) is 1. The Hall–Kier alpha value is -0.460. The second kappa shape index (κ2) is 4.69. The predicted octanol–water partition coefficient (Wildman–Crippen LogP) is 2.06. The molecule has 0 aromatic carbocycles. The van der Waals surface area contributed by atoms with Crippen molar-refractivity contribution in [1.29, 1.82) is 0 Å². The second-order valence-electron chi connectivity index (χ2n) is 1.68. The fraction of sp³-hybridized carbons (Fsp3) is 0.500. The molecule has 0 N–H and O–H groups in total. The van der Waals surface area contributed by atoms with Gasteiger partial charge in [0, 0.05) is 0 Å². The molecule has 2 heteroatoms. The molecule has 0 fully saturated rings. The van der Waals surface area contributed by atoms with Crippen LogP contribution in [0.3, 0.4) is 0 Å². The first-order valence-electron chi connectivity index (χ1n) is 2.45. The number of rotatable bonds is 3. The van der Waals surface area contributed by atoms with E-state index in [2.05, 4.69) is 29.0 Å². The zero-order chi connectivity index (χ0) is 6.41. The topological polar surface area (TPSA) is 12.4 Å². The Kier molecular flexibility index (Phi) is 4.42. The maximum absolute atomic E-state index is 4.36. The van der Waals surface area contributed by atoms with Crippen molar-refractivity contribution in [3.8, 4) is 0 Å². The molecule has 0 spiro atoms. The van der Waals surface area contributed by atoms with Crippen LogP contribution in [0, 0.1) is 0 Å². The van der Waals surface area contributed by atoms with Crippen molar-refractivity contribution in [3.05, 3.63) is 12.2 Å². The van der Waals surface area contributed by atoms with E-state index in [0.29, 0.717) is 0 Å². The minimum Gasteiger partial charge on any atom is -0.232 e. The lowest BCUT2D eigenvalue weighted by Crippen LogP contribution is -1.78. The summed E-state index contributed by atoms with van der Waals surface area (Å²) in [6.07, 6.45) is 0.920. The highest BCUT2D eigenvalue weighted by Crippen LogP contribution is 1.93. The van der Waals surface area contributed by atoms with E-state index in [4.69, 9.17) is 0 Å². The predicted molar refractivity (Wildman–Crippen MR) is 39.3 cm³/mol. The van der Waals surface area contributed by atoms with Crippen molar-refractivity contribution in [3.63, 3.8) is 0 Å². The third-order valence-corrected chi connectivity index (χ3v) is 0.844. The fourth-order valence-electron chi connectivity index (χ4n) is 0.292. The van der Waals surface area contributed by atoms with Crippen LogP contribution in [-0.4, -0.2) is 11.7 Å². The Morgan fingerprint density at radius 2 is 2.50 bits per heavy atom. The zero-order valence-electron chi connectivity index (χ0n) is 4.98. The van der Waals surface area contributed by atoms with Crippen molar-refractivity contribution >= 4 is 17.4 Å². The average molecular weight is 127 g/mol. The highest BCUT2D eigenvalue weighted by atomic mass is 32.1. The number of hydrogen-bond acceptors (Lipinski definition) is 2. The molecule has 0 heterocycles. The lowest BCUT2D eigenvalue weighted by molar-refractivity contribution is 0.962. The molecule has 0 bridgehead atoms. The van der Waals surface area contributed by atoms with Gasteiger partial charge in [-0.05, 0) is 25.6 Å². The van der Waals surface area contributed by atoms with Crippen LogP contribution in [0.1, 0.15) is 13.3 Å². The van der Waals surface area contributed by atoms with Crippen LogP contribution < -0.4 is 0 Å². The molecular weight excluding hydrogens is 118 g/mol. The molecule has 0 rings (SSSR count). The largest absolute Gasteiger partial charge is 0.232 e. The first-order chi connectivity index (χ1) is 3.77. The Morgan fingerprint density at radius 3 is 2.88 bits per heavy atom. The van der Waals surface area contributed by atoms with Gasteiger partial charge in [0.2, 0.25) is 0 Å². The summed E-state index contributed by atoms with van der Waals surface area (Å²) in [6.45, 7) is 6.41. The SMILES string of the molecule is C=C(C)CCN=C=S. The van der Waals surface area contributed by atoms with Crippen molar-refractivity contribution in [2.75, 3.05) is 6.54 Å². The maximum atomic E-state index is 4.36. The van der Waals surface area contributed by atoms with Crippen molar-refractivity contribution in [1.82, 2.24) is 0 Å². The van der Waals surface area contributed by atoms with Gasteiger partial charge in [-0.1, -0.05) is 5.57 Å². The standard InChI is InChI=1S/C6H9NS/c1-6(2)3-4-7-5-8/h1,3-4H2,2H3. The van der Waals surface area contributed by atoms with Gasteiger partial charge in [-0.25, -0.2) is 4.99 Å². The molecule has 44 valence electrons. The van der Waals surface area contributed by atoms with E-state index in [-0.39, 0.29) is 0 Å². The van der Waals surface area contributed by atoms with Gasteiger partial charge < -0.3 is 0 Å².